The number of hydrogen-bond acceptors (Lipinski definition) is 3. The van der Waals surface area contributed by atoms with Crippen molar-refractivity contribution in [1.82, 2.24) is 9.62 Å². The number of piperidine rings is 1. The summed E-state index contributed by atoms with van der Waals surface area (Å²) >= 11 is 0. The summed E-state index contributed by atoms with van der Waals surface area (Å²) in [6, 6.07) is 8.94. The molecule has 1 heterocycles. The molecule has 5 nitrogen and oxygen atoms in total. The topological polar surface area (TPSA) is 66.5 Å². The Labute approximate surface area is 132 Å². The average molecular weight is 324 g/mol. The van der Waals surface area contributed by atoms with E-state index in [9.17, 15) is 13.2 Å². The lowest BCUT2D eigenvalue weighted by Crippen LogP contribution is -2.46. The summed E-state index contributed by atoms with van der Waals surface area (Å²) in [4.78, 5) is 11.9. The second-order valence-corrected chi connectivity index (χ2v) is 7.65. The van der Waals surface area contributed by atoms with Crippen LogP contribution in [0.15, 0.2) is 30.3 Å². The monoisotopic (exact) mass is 324 g/mol. The Morgan fingerprint density at radius 1 is 1.27 bits per heavy atom. The number of rotatable bonds is 6. The molecule has 22 heavy (non-hydrogen) atoms. The molecular weight excluding hydrogens is 300 g/mol. The number of carbonyl (C=O) groups excluding carboxylic acids is 1. The Kier molecular flexibility index (Phi) is 5.97. The van der Waals surface area contributed by atoms with Gasteiger partial charge in [-0.25, -0.2) is 8.42 Å². The van der Waals surface area contributed by atoms with Gasteiger partial charge >= 0.3 is 0 Å². The van der Waals surface area contributed by atoms with Crippen LogP contribution >= 0.6 is 0 Å². The van der Waals surface area contributed by atoms with Gasteiger partial charge in [0.05, 0.1) is 5.75 Å². The van der Waals surface area contributed by atoms with E-state index in [0.717, 1.165) is 25.7 Å². The van der Waals surface area contributed by atoms with Crippen LogP contribution in [0, 0.1) is 0 Å². The average Bonchev–Trinajstić information content (AvgIpc) is 2.55. The number of carbonyl (C=O) groups is 1. The third-order valence-corrected chi connectivity index (χ3v) is 6.00. The standard InChI is InChI=1S/C16H24N2O3S/c1-2-15-10-6-7-12-18(15)22(20,21)13-11-17-16(19)14-8-4-3-5-9-14/h3-5,8-9,15H,2,6-7,10-13H2,1H3,(H,17,19)/t15-/m0/s1. The highest BCUT2D eigenvalue weighted by Crippen LogP contribution is 2.22. The molecule has 0 unspecified atom stereocenters. The minimum Gasteiger partial charge on any atom is -0.351 e. The second-order valence-electron chi connectivity index (χ2n) is 5.61. The zero-order valence-electron chi connectivity index (χ0n) is 13.0. The van der Waals surface area contributed by atoms with Gasteiger partial charge in [0.15, 0.2) is 0 Å². The van der Waals surface area contributed by atoms with Crippen molar-refractivity contribution >= 4 is 15.9 Å². The minimum atomic E-state index is -3.30. The SMILES string of the molecule is CC[C@H]1CCCCN1S(=O)(=O)CCNC(=O)c1ccccc1. The van der Waals surface area contributed by atoms with Gasteiger partial charge < -0.3 is 5.32 Å². The van der Waals surface area contributed by atoms with E-state index in [1.54, 1.807) is 28.6 Å². The van der Waals surface area contributed by atoms with E-state index in [-0.39, 0.29) is 24.2 Å². The third-order valence-electron chi connectivity index (χ3n) is 4.08. The highest BCUT2D eigenvalue weighted by molar-refractivity contribution is 7.89. The molecule has 1 saturated heterocycles. The van der Waals surface area contributed by atoms with Crippen LogP contribution in [0.1, 0.15) is 43.0 Å². The van der Waals surface area contributed by atoms with E-state index >= 15 is 0 Å². The Morgan fingerprint density at radius 2 is 2.00 bits per heavy atom. The van der Waals surface area contributed by atoms with Crippen LogP contribution in [0.25, 0.3) is 0 Å². The number of nitrogens with zero attached hydrogens (tertiary/aromatic N) is 1. The summed E-state index contributed by atoms with van der Waals surface area (Å²) in [7, 11) is -3.30. The van der Waals surface area contributed by atoms with Gasteiger partial charge in [-0.3, -0.25) is 4.79 Å². The normalized spacial score (nSPS) is 19.8. The summed E-state index contributed by atoms with van der Waals surface area (Å²) in [5.41, 5.74) is 0.546. The molecule has 1 fully saturated rings. The maximum atomic E-state index is 12.4. The van der Waals surface area contributed by atoms with Crippen LogP contribution in [-0.2, 0) is 10.0 Å². The van der Waals surface area contributed by atoms with Gasteiger partial charge in [-0.05, 0) is 31.4 Å². The predicted molar refractivity (Wildman–Crippen MR) is 87.2 cm³/mol. The third kappa shape index (κ3) is 4.30. The quantitative estimate of drug-likeness (QED) is 0.870. The molecule has 0 aromatic heterocycles. The summed E-state index contributed by atoms with van der Waals surface area (Å²) in [5.74, 6) is -0.274. The molecule has 1 aromatic carbocycles. The maximum absolute atomic E-state index is 12.4. The zero-order valence-corrected chi connectivity index (χ0v) is 13.8. The molecule has 122 valence electrons. The Balaban J connectivity index is 1.88. The lowest BCUT2D eigenvalue weighted by molar-refractivity contribution is 0.0956. The molecule has 6 heteroatoms. The molecule has 2 rings (SSSR count). The van der Waals surface area contributed by atoms with Crippen molar-refractivity contribution in [2.24, 2.45) is 0 Å². The lowest BCUT2D eigenvalue weighted by atomic mass is 10.0. The molecular formula is C16H24N2O3S. The van der Waals surface area contributed by atoms with Crippen LogP contribution < -0.4 is 5.32 Å². The van der Waals surface area contributed by atoms with Gasteiger partial charge in [0.2, 0.25) is 10.0 Å². The fraction of sp³-hybridized carbons (Fsp3) is 0.562. The molecule has 1 atom stereocenters. The second kappa shape index (κ2) is 7.74. The van der Waals surface area contributed by atoms with Crippen molar-refractivity contribution in [2.45, 2.75) is 38.6 Å². The molecule has 0 saturated carbocycles. The van der Waals surface area contributed by atoms with E-state index in [1.807, 2.05) is 13.0 Å². The maximum Gasteiger partial charge on any atom is 0.251 e. The highest BCUT2D eigenvalue weighted by Gasteiger charge is 2.30. The van der Waals surface area contributed by atoms with Gasteiger partial charge in [-0.15, -0.1) is 0 Å². The first kappa shape index (κ1) is 17.0. The Bertz CT molecular complexity index is 587. The summed E-state index contributed by atoms with van der Waals surface area (Å²) < 4.78 is 26.5. The van der Waals surface area contributed by atoms with Crippen LogP contribution in [0.2, 0.25) is 0 Å². The van der Waals surface area contributed by atoms with Gasteiger partial charge in [-0.1, -0.05) is 31.5 Å². The predicted octanol–water partition coefficient (Wildman–Crippen LogP) is 2.01. The molecule has 1 aromatic rings. The molecule has 0 radical (unpaired) electrons. The molecule has 0 aliphatic carbocycles. The lowest BCUT2D eigenvalue weighted by Gasteiger charge is -2.34. The van der Waals surface area contributed by atoms with Crippen molar-refractivity contribution in [2.75, 3.05) is 18.8 Å². The van der Waals surface area contributed by atoms with Crippen molar-refractivity contribution in [3.05, 3.63) is 35.9 Å². The first-order valence-corrected chi connectivity index (χ1v) is 9.48. The summed E-state index contributed by atoms with van der Waals surface area (Å²) in [6.07, 6.45) is 3.79. The van der Waals surface area contributed by atoms with Crippen molar-refractivity contribution < 1.29 is 13.2 Å². The molecule has 1 aliphatic rings. The minimum absolute atomic E-state index is 0.0396. The number of amides is 1. The number of sulfonamides is 1. The molecule has 1 aliphatic heterocycles. The van der Waals surface area contributed by atoms with E-state index in [4.69, 9.17) is 0 Å². The van der Waals surface area contributed by atoms with Gasteiger partial charge in [0.25, 0.3) is 5.91 Å². The summed E-state index contributed by atoms with van der Waals surface area (Å²) in [5, 5.41) is 2.68. The number of hydrogen-bond donors (Lipinski definition) is 1. The van der Waals surface area contributed by atoms with Crippen molar-refractivity contribution in [1.29, 1.82) is 0 Å². The van der Waals surface area contributed by atoms with Crippen LogP contribution in [-0.4, -0.2) is 43.5 Å². The molecule has 0 spiro atoms. The Morgan fingerprint density at radius 3 is 2.68 bits per heavy atom. The summed E-state index contributed by atoms with van der Waals surface area (Å²) in [6.45, 7) is 2.77. The fourth-order valence-electron chi connectivity index (χ4n) is 2.85. The first-order chi connectivity index (χ1) is 10.5. The number of nitrogens with one attached hydrogen (secondary N) is 1. The van der Waals surface area contributed by atoms with E-state index < -0.39 is 10.0 Å². The molecule has 0 bridgehead atoms. The largest absolute Gasteiger partial charge is 0.351 e. The van der Waals surface area contributed by atoms with E-state index in [1.165, 1.54) is 0 Å². The first-order valence-electron chi connectivity index (χ1n) is 7.87. The highest BCUT2D eigenvalue weighted by atomic mass is 32.2. The van der Waals surface area contributed by atoms with Crippen LogP contribution in [0.5, 0.6) is 0 Å². The van der Waals surface area contributed by atoms with Gasteiger partial charge in [0, 0.05) is 24.7 Å². The van der Waals surface area contributed by atoms with Crippen molar-refractivity contribution in [3.8, 4) is 0 Å². The number of benzene rings is 1. The van der Waals surface area contributed by atoms with Gasteiger partial charge in [0.1, 0.15) is 0 Å². The fourth-order valence-corrected chi connectivity index (χ4v) is 4.56. The molecule has 1 amide bonds. The van der Waals surface area contributed by atoms with E-state index in [0.29, 0.717) is 12.1 Å². The molecule has 1 N–H and O–H groups in total. The van der Waals surface area contributed by atoms with Gasteiger partial charge in [-0.2, -0.15) is 4.31 Å². The van der Waals surface area contributed by atoms with Crippen LogP contribution in [0.3, 0.4) is 0 Å². The van der Waals surface area contributed by atoms with Crippen LogP contribution in [0.4, 0.5) is 0 Å². The zero-order chi connectivity index (χ0) is 16.0. The Hall–Kier alpha value is -1.40. The van der Waals surface area contributed by atoms with E-state index in [2.05, 4.69) is 5.32 Å². The smallest absolute Gasteiger partial charge is 0.251 e. The van der Waals surface area contributed by atoms with Crippen molar-refractivity contribution in [3.63, 3.8) is 0 Å².